The standard InChI is InChI=1S/C37H24N4O2/c1-40-32-16-4-3-15-31(32)39-36(40)23-9-6-11-25(19-23)42-26-12-7-10-24(20-26)41-33-21-30-27-13-2-5-17-34(27)43-35(30)22-29(33)28-14-8-18-38-37(28)41/h2-22H,1H3. The smallest absolute Gasteiger partial charge is 0.145 e. The first-order chi connectivity index (χ1) is 21.2. The molecule has 0 atom stereocenters. The molecule has 6 nitrogen and oxygen atoms in total. The molecule has 0 spiro atoms. The number of pyridine rings is 1. The Morgan fingerprint density at radius 2 is 1.44 bits per heavy atom. The molecule has 9 rings (SSSR count). The maximum atomic E-state index is 6.45. The van der Waals surface area contributed by atoms with Crippen LogP contribution in [0.4, 0.5) is 0 Å². The predicted octanol–water partition coefficient (Wildman–Crippen LogP) is 9.42. The van der Waals surface area contributed by atoms with Crippen molar-refractivity contribution in [3.05, 3.63) is 128 Å². The van der Waals surface area contributed by atoms with Crippen molar-refractivity contribution in [2.75, 3.05) is 0 Å². The Labute approximate surface area is 246 Å². The molecular weight excluding hydrogens is 532 g/mol. The Hall–Kier alpha value is -5.88. The number of fused-ring (bicyclic) bond motifs is 7. The Balaban J connectivity index is 1.16. The summed E-state index contributed by atoms with van der Waals surface area (Å²) in [6.07, 6.45) is 1.84. The molecule has 0 N–H and O–H groups in total. The van der Waals surface area contributed by atoms with Gasteiger partial charge in [-0.05, 0) is 66.7 Å². The zero-order valence-electron chi connectivity index (χ0n) is 23.2. The normalized spacial score (nSPS) is 11.8. The van der Waals surface area contributed by atoms with E-state index in [0.29, 0.717) is 0 Å². The van der Waals surface area contributed by atoms with Gasteiger partial charge in [0.1, 0.15) is 34.1 Å². The molecule has 0 aliphatic heterocycles. The van der Waals surface area contributed by atoms with E-state index in [-0.39, 0.29) is 0 Å². The molecule has 0 aliphatic rings. The minimum absolute atomic E-state index is 0.737. The molecule has 0 fully saturated rings. The topological polar surface area (TPSA) is 58.0 Å². The van der Waals surface area contributed by atoms with E-state index >= 15 is 0 Å². The highest BCUT2D eigenvalue weighted by Crippen LogP contribution is 2.38. The number of furan rings is 1. The van der Waals surface area contributed by atoms with Gasteiger partial charge in [0.15, 0.2) is 0 Å². The van der Waals surface area contributed by atoms with E-state index in [9.17, 15) is 0 Å². The molecule has 9 aromatic rings. The van der Waals surface area contributed by atoms with Gasteiger partial charge in [-0.2, -0.15) is 0 Å². The molecular formula is C37H24N4O2. The number of ether oxygens (including phenoxy) is 1. The second-order valence-corrected chi connectivity index (χ2v) is 10.8. The first-order valence-electron chi connectivity index (χ1n) is 14.2. The fourth-order valence-corrected chi connectivity index (χ4v) is 6.25. The van der Waals surface area contributed by atoms with Gasteiger partial charge in [-0.25, -0.2) is 9.97 Å². The van der Waals surface area contributed by atoms with Gasteiger partial charge in [0, 0.05) is 46.4 Å². The molecule has 6 heteroatoms. The van der Waals surface area contributed by atoms with Crippen LogP contribution < -0.4 is 4.74 Å². The summed E-state index contributed by atoms with van der Waals surface area (Å²) in [7, 11) is 2.04. The molecule has 4 aromatic heterocycles. The first kappa shape index (κ1) is 23.8. The van der Waals surface area contributed by atoms with Crippen LogP contribution in [0.2, 0.25) is 0 Å². The molecule has 0 bridgehead atoms. The van der Waals surface area contributed by atoms with Gasteiger partial charge >= 0.3 is 0 Å². The molecule has 0 unspecified atom stereocenters. The number of hydrogen-bond acceptors (Lipinski definition) is 4. The van der Waals surface area contributed by atoms with E-state index in [0.717, 1.165) is 83.5 Å². The van der Waals surface area contributed by atoms with Crippen molar-refractivity contribution < 1.29 is 9.15 Å². The highest BCUT2D eigenvalue weighted by Gasteiger charge is 2.17. The lowest BCUT2D eigenvalue weighted by atomic mass is 10.1. The van der Waals surface area contributed by atoms with Gasteiger partial charge in [-0.3, -0.25) is 4.57 Å². The van der Waals surface area contributed by atoms with Gasteiger partial charge < -0.3 is 13.7 Å². The summed E-state index contributed by atoms with van der Waals surface area (Å²) in [5.41, 5.74) is 7.73. The van der Waals surface area contributed by atoms with E-state index in [1.165, 1.54) is 0 Å². The summed E-state index contributed by atoms with van der Waals surface area (Å²) in [6.45, 7) is 0. The van der Waals surface area contributed by atoms with E-state index in [4.69, 9.17) is 19.1 Å². The van der Waals surface area contributed by atoms with Gasteiger partial charge in [0.2, 0.25) is 0 Å². The lowest BCUT2D eigenvalue weighted by molar-refractivity contribution is 0.482. The maximum absolute atomic E-state index is 6.45. The van der Waals surface area contributed by atoms with Crippen LogP contribution in [-0.4, -0.2) is 19.1 Å². The van der Waals surface area contributed by atoms with Crippen molar-refractivity contribution in [2.24, 2.45) is 7.05 Å². The lowest BCUT2D eigenvalue weighted by Crippen LogP contribution is -1.96. The van der Waals surface area contributed by atoms with E-state index < -0.39 is 0 Å². The Kier molecular flexibility index (Phi) is 5.01. The van der Waals surface area contributed by atoms with Crippen LogP contribution in [0.5, 0.6) is 11.5 Å². The summed E-state index contributed by atoms with van der Waals surface area (Å²) in [5.74, 6) is 2.38. The molecule has 0 radical (unpaired) electrons. The number of imidazole rings is 1. The summed E-state index contributed by atoms with van der Waals surface area (Å²) in [5, 5.41) is 4.34. The van der Waals surface area contributed by atoms with Crippen molar-refractivity contribution in [3.8, 4) is 28.6 Å². The summed E-state index contributed by atoms with van der Waals surface area (Å²) < 4.78 is 17.0. The number of rotatable bonds is 4. The SMILES string of the molecule is Cn1c(-c2cccc(Oc3cccc(-n4c5cc6c(cc5c5cccnc54)oc4ccccc46)c3)c2)nc2ccccc21. The highest BCUT2D eigenvalue weighted by atomic mass is 16.5. The minimum Gasteiger partial charge on any atom is -0.457 e. The van der Waals surface area contributed by atoms with Crippen LogP contribution in [0.25, 0.3) is 72.0 Å². The first-order valence-corrected chi connectivity index (χ1v) is 14.2. The Morgan fingerprint density at radius 3 is 2.37 bits per heavy atom. The third kappa shape index (κ3) is 3.66. The number of para-hydroxylation sites is 3. The van der Waals surface area contributed by atoms with Gasteiger partial charge in [0.05, 0.1) is 22.2 Å². The summed E-state index contributed by atoms with van der Waals surface area (Å²) >= 11 is 0. The average Bonchev–Trinajstić information content (AvgIpc) is 3.69. The molecule has 0 saturated heterocycles. The number of aryl methyl sites for hydroxylation is 1. The summed E-state index contributed by atoms with van der Waals surface area (Å²) in [4.78, 5) is 9.66. The van der Waals surface area contributed by atoms with E-state index in [1.807, 2.05) is 86.0 Å². The number of aromatic nitrogens is 4. The second-order valence-electron chi connectivity index (χ2n) is 10.8. The molecule has 4 heterocycles. The predicted molar refractivity (Wildman–Crippen MR) is 172 cm³/mol. The van der Waals surface area contributed by atoms with Crippen LogP contribution in [0.1, 0.15) is 0 Å². The van der Waals surface area contributed by atoms with Crippen molar-refractivity contribution in [1.82, 2.24) is 19.1 Å². The third-order valence-electron chi connectivity index (χ3n) is 8.22. The Morgan fingerprint density at radius 1 is 0.628 bits per heavy atom. The molecule has 0 aliphatic carbocycles. The van der Waals surface area contributed by atoms with E-state index in [2.05, 4.69) is 57.7 Å². The van der Waals surface area contributed by atoms with Gasteiger partial charge in [0.25, 0.3) is 0 Å². The fraction of sp³-hybridized carbons (Fsp3) is 0.0270. The van der Waals surface area contributed by atoms with Crippen molar-refractivity contribution in [2.45, 2.75) is 0 Å². The van der Waals surface area contributed by atoms with Crippen LogP contribution in [-0.2, 0) is 7.05 Å². The van der Waals surface area contributed by atoms with Crippen LogP contribution in [0, 0.1) is 0 Å². The number of nitrogens with zero attached hydrogens (tertiary/aromatic N) is 4. The van der Waals surface area contributed by atoms with Crippen molar-refractivity contribution in [3.63, 3.8) is 0 Å². The maximum Gasteiger partial charge on any atom is 0.145 e. The van der Waals surface area contributed by atoms with Crippen molar-refractivity contribution in [1.29, 1.82) is 0 Å². The largest absolute Gasteiger partial charge is 0.457 e. The summed E-state index contributed by atoms with van der Waals surface area (Å²) in [6, 6.07) is 41.0. The van der Waals surface area contributed by atoms with Gasteiger partial charge in [-0.15, -0.1) is 0 Å². The molecule has 0 saturated carbocycles. The lowest BCUT2D eigenvalue weighted by Gasteiger charge is -2.11. The van der Waals surface area contributed by atoms with E-state index in [1.54, 1.807) is 0 Å². The molecule has 5 aromatic carbocycles. The molecule has 0 amide bonds. The number of hydrogen-bond donors (Lipinski definition) is 0. The second kappa shape index (κ2) is 9.06. The third-order valence-corrected chi connectivity index (χ3v) is 8.22. The molecule has 204 valence electrons. The molecule has 43 heavy (non-hydrogen) atoms. The fourth-order valence-electron chi connectivity index (χ4n) is 6.25. The Bertz CT molecular complexity index is 2520. The monoisotopic (exact) mass is 556 g/mol. The van der Waals surface area contributed by atoms with Gasteiger partial charge in [-0.1, -0.05) is 48.5 Å². The zero-order chi connectivity index (χ0) is 28.5. The van der Waals surface area contributed by atoms with Crippen LogP contribution in [0.3, 0.4) is 0 Å². The average molecular weight is 557 g/mol. The van der Waals surface area contributed by atoms with Crippen molar-refractivity contribution >= 4 is 54.9 Å². The zero-order valence-corrected chi connectivity index (χ0v) is 23.2. The quantitative estimate of drug-likeness (QED) is 0.217. The van der Waals surface area contributed by atoms with Crippen LogP contribution in [0.15, 0.2) is 132 Å². The van der Waals surface area contributed by atoms with Crippen LogP contribution >= 0.6 is 0 Å². The minimum atomic E-state index is 0.737. The highest BCUT2D eigenvalue weighted by molar-refractivity contribution is 6.16. The number of benzene rings is 5.